The number of carbonyl (C=O) groups is 1. The van der Waals surface area contributed by atoms with Gasteiger partial charge in [0.2, 0.25) is 0 Å². The first kappa shape index (κ1) is 12.5. The molecule has 0 spiro atoms. The first-order valence-electron chi connectivity index (χ1n) is 6.13. The van der Waals surface area contributed by atoms with E-state index in [-0.39, 0.29) is 24.0 Å². The Morgan fingerprint density at radius 3 is 2.79 bits per heavy atom. The monoisotopic (exact) mass is 323 g/mol. The maximum Gasteiger partial charge on any atom is 0.323 e. The second-order valence-corrected chi connectivity index (χ2v) is 5.63. The summed E-state index contributed by atoms with van der Waals surface area (Å²) in [7, 11) is 1.61. The van der Waals surface area contributed by atoms with Crippen molar-refractivity contribution in [2.45, 2.75) is 24.9 Å². The molecule has 1 heterocycles. The number of hydrogen-bond donors (Lipinski definition) is 2. The predicted molar refractivity (Wildman–Crippen MR) is 74.6 cm³/mol. The van der Waals surface area contributed by atoms with Gasteiger partial charge < -0.3 is 9.64 Å². The highest BCUT2D eigenvalue weighted by Gasteiger charge is 2.45. The van der Waals surface area contributed by atoms with Crippen molar-refractivity contribution in [1.29, 1.82) is 5.41 Å². The van der Waals surface area contributed by atoms with E-state index in [0.29, 0.717) is 0 Å². The minimum Gasteiger partial charge on any atom is -0.496 e. The van der Waals surface area contributed by atoms with Crippen molar-refractivity contribution in [1.82, 2.24) is 10.2 Å². The van der Waals surface area contributed by atoms with E-state index < -0.39 is 0 Å². The number of amidine groups is 1. The molecule has 0 bridgehead atoms. The fourth-order valence-electron chi connectivity index (χ4n) is 2.41. The van der Waals surface area contributed by atoms with Crippen LogP contribution in [-0.2, 0) is 0 Å². The van der Waals surface area contributed by atoms with Gasteiger partial charge in [0.25, 0.3) is 0 Å². The summed E-state index contributed by atoms with van der Waals surface area (Å²) in [6.07, 6.45) is 2.04. The molecule has 1 aliphatic carbocycles. The van der Waals surface area contributed by atoms with E-state index >= 15 is 0 Å². The Labute approximate surface area is 119 Å². The maximum atomic E-state index is 11.9. The summed E-state index contributed by atoms with van der Waals surface area (Å²) in [6.45, 7) is 0. The van der Waals surface area contributed by atoms with Gasteiger partial charge in [-0.1, -0.05) is 6.07 Å². The van der Waals surface area contributed by atoms with Gasteiger partial charge in [-0.05, 0) is 46.5 Å². The topological polar surface area (TPSA) is 65.4 Å². The Hall–Kier alpha value is -1.56. The Morgan fingerprint density at radius 2 is 2.21 bits per heavy atom. The molecule has 1 saturated heterocycles. The number of hydrogen-bond acceptors (Lipinski definition) is 3. The Balaban J connectivity index is 1.97. The van der Waals surface area contributed by atoms with Gasteiger partial charge in [0.15, 0.2) is 0 Å². The van der Waals surface area contributed by atoms with Gasteiger partial charge in [-0.3, -0.25) is 10.7 Å². The molecule has 1 unspecified atom stereocenters. The summed E-state index contributed by atoms with van der Waals surface area (Å²) in [5.41, 5.74) is 0.919. The predicted octanol–water partition coefficient (Wildman–Crippen LogP) is 2.66. The second kappa shape index (κ2) is 4.52. The largest absolute Gasteiger partial charge is 0.496 e. The van der Waals surface area contributed by atoms with E-state index in [1.54, 1.807) is 12.0 Å². The minimum atomic E-state index is -0.304. The van der Waals surface area contributed by atoms with Crippen LogP contribution in [0.3, 0.4) is 0 Å². The van der Waals surface area contributed by atoms with Crippen LogP contribution in [0.2, 0.25) is 0 Å². The van der Waals surface area contributed by atoms with Crippen LogP contribution in [0.25, 0.3) is 0 Å². The SMILES string of the molecule is COc1ccc(C2C(=N)NC(=O)N2C2CC2)cc1Br. The van der Waals surface area contributed by atoms with Crippen molar-refractivity contribution in [3.8, 4) is 5.75 Å². The van der Waals surface area contributed by atoms with Crippen molar-refractivity contribution in [2.24, 2.45) is 0 Å². The average Bonchev–Trinajstić information content (AvgIpc) is 3.15. The molecule has 2 N–H and O–H groups in total. The highest BCUT2D eigenvalue weighted by atomic mass is 79.9. The normalized spacial score (nSPS) is 22.6. The zero-order chi connectivity index (χ0) is 13.6. The lowest BCUT2D eigenvalue weighted by atomic mass is 10.1. The molecular weight excluding hydrogens is 310 g/mol. The van der Waals surface area contributed by atoms with E-state index in [1.807, 2.05) is 18.2 Å². The molecule has 5 nitrogen and oxygen atoms in total. The van der Waals surface area contributed by atoms with Gasteiger partial charge in [-0.25, -0.2) is 4.79 Å². The molecule has 2 amide bonds. The van der Waals surface area contributed by atoms with Crippen molar-refractivity contribution in [3.05, 3.63) is 28.2 Å². The van der Waals surface area contributed by atoms with Crippen LogP contribution in [0.15, 0.2) is 22.7 Å². The molecule has 100 valence electrons. The zero-order valence-corrected chi connectivity index (χ0v) is 12.0. The number of benzene rings is 1. The number of carbonyl (C=O) groups excluding carboxylic acids is 1. The molecule has 0 aromatic heterocycles. The van der Waals surface area contributed by atoms with Crippen LogP contribution in [0.5, 0.6) is 5.75 Å². The molecule has 19 heavy (non-hydrogen) atoms. The zero-order valence-electron chi connectivity index (χ0n) is 10.4. The standard InChI is InChI=1S/C13H14BrN3O2/c1-19-10-5-2-7(6-9(10)14)11-12(15)16-13(18)17(11)8-3-4-8/h2,5-6,8,11H,3-4H2,1H3,(H2,15,16,18). The highest BCUT2D eigenvalue weighted by molar-refractivity contribution is 9.10. The van der Waals surface area contributed by atoms with Crippen molar-refractivity contribution >= 4 is 27.8 Å². The molecule has 1 aliphatic heterocycles. The van der Waals surface area contributed by atoms with Crippen molar-refractivity contribution in [2.75, 3.05) is 7.11 Å². The number of amides is 2. The summed E-state index contributed by atoms with van der Waals surface area (Å²) < 4.78 is 6.03. The number of halogens is 1. The molecular formula is C13H14BrN3O2. The molecule has 2 aliphatic rings. The molecule has 0 radical (unpaired) electrons. The van der Waals surface area contributed by atoms with Crippen LogP contribution >= 0.6 is 15.9 Å². The lowest BCUT2D eigenvalue weighted by molar-refractivity contribution is 0.202. The van der Waals surface area contributed by atoms with Gasteiger partial charge in [0.1, 0.15) is 17.6 Å². The van der Waals surface area contributed by atoms with Crippen LogP contribution in [-0.4, -0.2) is 29.9 Å². The van der Waals surface area contributed by atoms with Crippen molar-refractivity contribution < 1.29 is 9.53 Å². The van der Waals surface area contributed by atoms with Gasteiger partial charge in [-0.15, -0.1) is 0 Å². The van der Waals surface area contributed by atoms with Crippen LogP contribution < -0.4 is 10.1 Å². The number of methoxy groups -OCH3 is 1. The van der Waals surface area contributed by atoms with Gasteiger partial charge in [0, 0.05) is 6.04 Å². The van der Waals surface area contributed by atoms with Gasteiger partial charge in [0.05, 0.1) is 11.6 Å². The molecule has 1 atom stereocenters. The molecule has 1 saturated carbocycles. The fourth-order valence-corrected chi connectivity index (χ4v) is 2.97. The van der Waals surface area contributed by atoms with Crippen LogP contribution in [0.4, 0.5) is 4.79 Å². The molecule has 1 aromatic carbocycles. The first-order valence-corrected chi connectivity index (χ1v) is 6.92. The molecule has 6 heteroatoms. The molecule has 3 rings (SSSR count). The lowest BCUT2D eigenvalue weighted by Gasteiger charge is -2.23. The third-order valence-corrected chi connectivity index (χ3v) is 4.08. The molecule has 2 fully saturated rings. The third kappa shape index (κ3) is 2.10. The minimum absolute atomic E-state index is 0.163. The van der Waals surface area contributed by atoms with Crippen molar-refractivity contribution in [3.63, 3.8) is 0 Å². The lowest BCUT2D eigenvalue weighted by Crippen LogP contribution is -2.31. The fraction of sp³-hybridized carbons (Fsp3) is 0.385. The Bertz CT molecular complexity index is 557. The smallest absolute Gasteiger partial charge is 0.323 e. The summed E-state index contributed by atoms with van der Waals surface area (Å²) in [4.78, 5) is 13.7. The van der Waals surface area contributed by atoms with Crippen LogP contribution in [0, 0.1) is 5.41 Å². The first-order chi connectivity index (χ1) is 9.11. The summed E-state index contributed by atoms with van der Waals surface area (Å²) in [5.74, 6) is 0.986. The van der Waals surface area contributed by atoms with E-state index in [9.17, 15) is 4.79 Å². The number of rotatable bonds is 3. The highest BCUT2D eigenvalue weighted by Crippen LogP contribution is 2.39. The second-order valence-electron chi connectivity index (χ2n) is 4.78. The quantitative estimate of drug-likeness (QED) is 0.898. The van der Waals surface area contributed by atoms with Gasteiger partial charge >= 0.3 is 6.03 Å². The summed E-state index contributed by atoms with van der Waals surface area (Å²) in [6, 6.07) is 5.47. The summed E-state index contributed by atoms with van der Waals surface area (Å²) >= 11 is 3.44. The van der Waals surface area contributed by atoms with E-state index in [0.717, 1.165) is 28.6 Å². The van der Waals surface area contributed by atoms with Crippen LogP contribution in [0.1, 0.15) is 24.4 Å². The summed E-state index contributed by atoms with van der Waals surface area (Å²) in [5, 5.41) is 10.6. The van der Waals surface area contributed by atoms with E-state index in [4.69, 9.17) is 10.1 Å². The number of urea groups is 1. The van der Waals surface area contributed by atoms with Gasteiger partial charge in [-0.2, -0.15) is 0 Å². The molecule has 1 aromatic rings. The number of ether oxygens (including phenoxy) is 1. The number of nitrogens with zero attached hydrogens (tertiary/aromatic N) is 1. The number of nitrogens with one attached hydrogen (secondary N) is 2. The maximum absolute atomic E-state index is 11.9. The third-order valence-electron chi connectivity index (χ3n) is 3.46. The van der Waals surface area contributed by atoms with E-state index in [1.165, 1.54) is 0 Å². The van der Waals surface area contributed by atoms with E-state index in [2.05, 4.69) is 21.2 Å². The Kier molecular flexibility index (Phi) is 2.97. The average molecular weight is 324 g/mol. The Morgan fingerprint density at radius 1 is 1.47 bits per heavy atom.